The van der Waals surface area contributed by atoms with Gasteiger partial charge in [-0.1, -0.05) is 23.8 Å². The molecule has 1 aromatic rings. The van der Waals surface area contributed by atoms with Crippen LogP contribution < -0.4 is 0 Å². The van der Waals surface area contributed by atoms with Crippen LogP contribution in [0.25, 0.3) is 0 Å². The molecule has 0 amide bonds. The molecule has 0 N–H and O–H groups in total. The maximum absolute atomic E-state index is 12.1. The van der Waals surface area contributed by atoms with Crippen LogP contribution in [0.2, 0.25) is 0 Å². The summed E-state index contributed by atoms with van der Waals surface area (Å²) in [7, 11) is 1.44. The second-order valence-corrected chi connectivity index (χ2v) is 6.01. The van der Waals surface area contributed by atoms with Crippen LogP contribution in [0, 0.1) is 19.3 Å². The minimum Gasteiger partial charge on any atom is -0.469 e. The zero-order valence-corrected chi connectivity index (χ0v) is 12.4. The van der Waals surface area contributed by atoms with E-state index in [1.165, 1.54) is 23.8 Å². The smallest absolute Gasteiger partial charge is 0.312 e. The van der Waals surface area contributed by atoms with Crippen molar-refractivity contribution in [1.82, 2.24) is 0 Å². The number of hydrogen-bond donors (Lipinski definition) is 0. The highest BCUT2D eigenvalue weighted by Crippen LogP contribution is 2.49. The minimum atomic E-state index is -0.597. The van der Waals surface area contributed by atoms with Crippen LogP contribution in [0.5, 0.6) is 0 Å². The van der Waals surface area contributed by atoms with Gasteiger partial charge in [0.2, 0.25) is 0 Å². The van der Waals surface area contributed by atoms with Crippen LogP contribution in [0.1, 0.15) is 30.5 Å². The summed E-state index contributed by atoms with van der Waals surface area (Å²) in [5.41, 5.74) is 2.75. The molecule has 0 saturated carbocycles. The first-order valence-electron chi connectivity index (χ1n) is 6.59. The Morgan fingerprint density at radius 1 is 1.32 bits per heavy atom. The highest BCUT2D eigenvalue weighted by atomic mass is 16.5. The second-order valence-electron chi connectivity index (χ2n) is 6.01. The lowest BCUT2D eigenvalue weighted by Crippen LogP contribution is -2.60. The Bertz CT molecular complexity index is 499. The Morgan fingerprint density at radius 3 is 2.37 bits per heavy atom. The van der Waals surface area contributed by atoms with Crippen molar-refractivity contribution in [3.63, 3.8) is 0 Å². The molecule has 1 heterocycles. The molecule has 19 heavy (non-hydrogen) atoms. The van der Waals surface area contributed by atoms with E-state index in [9.17, 15) is 4.79 Å². The van der Waals surface area contributed by atoms with E-state index in [0.717, 1.165) is 0 Å². The molecule has 1 aliphatic rings. The average Bonchev–Trinajstić information content (AvgIpc) is 2.29. The largest absolute Gasteiger partial charge is 0.469 e. The lowest BCUT2D eigenvalue weighted by atomic mass is 9.59. The van der Waals surface area contributed by atoms with E-state index in [1.54, 1.807) is 0 Å². The monoisotopic (exact) mass is 262 g/mol. The molecule has 104 valence electrons. The molecule has 1 fully saturated rings. The molecular weight excluding hydrogens is 240 g/mol. The lowest BCUT2D eigenvalue weighted by molar-refractivity contribution is -0.174. The summed E-state index contributed by atoms with van der Waals surface area (Å²) in [5.74, 6) is -0.184. The zero-order chi connectivity index (χ0) is 14.3. The standard InChI is InChI=1S/C16H22O3/c1-11-6-7-13(12(2)8-11)16(9-19-10-16)15(3,4)14(17)18-5/h6-8H,9-10H2,1-5H3. The Labute approximate surface area is 114 Å². The number of esters is 1. The Kier molecular flexibility index (Phi) is 3.43. The lowest BCUT2D eigenvalue weighted by Gasteiger charge is -2.51. The second kappa shape index (κ2) is 4.64. The third kappa shape index (κ3) is 1.96. The summed E-state index contributed by atoms with van der Waals surface area (Å²) < 4.78 is 10.4. The first-order valence-corrected chi connectivity index (χ1v) is 6.59. The third-order valence-corrected chi connectivity index (χ3v) is 4.49. The van der Waals surface area contributed by atoms with Gasteiger partial charge in [-0.2, -0.15) is 0 Å². The van der Waals surface area contributed by atoms with Crippen molar-refractivity contribution in [2.75, 3.05) is 20.3 Å². The molecule has 0 spiro atoms. The number of carbonyl (C=O) groups is 1. The van der Waals surface area contributed by atoms with E-state index in [2.05, 4.69) is 32.0 Å². The Balaban J connectivity index is 2.51. The molecule has 1 saturated heterocycles. The Hall–Kier alpha value is -1.35. The first kappa shape index (κ1) is 14.1. The molecule has 2 rings (SSSR count). The van der Waals surface area contributed by atoms with Gasteiger partial charge < -0.3 is 9.47 Å². The number of methoxy groups -OCH3 is 1. The highest BCUT2D eigenvalue weighted by Gasteiger charge is 2.57. The van der Waals surface area contributed by atoms with Crippen LogP contribution in [0.4, 0.5) is 0 Å². The number of aryl methyl sites for hydroxylation is 2. The molecule has 0 radical (unpaired) electrons. The third-order valence-electron chi connectivity index (χ3n) is 4.49. The number of ether oxygens (including phenoxy) is 2. The van der Waals surface area contributed by atoms with Gasteiger partial charge in [0.15, 0.2) is 0 Å². The summed E-state index contributed by atoms with van der Waals surface area (Å²) in [6.07, 6.45) is 0. The fraction of sp³-hybridized carbons (Fsp3) is 0.562. The van der Waals surface area contributed by atoms with E-state index in [1.807, 2.05) is 13.8 Å². The average molecular weight is 262 g/mol. The molecule has 0 bridgehead atoms. The fourth-order valence-corrected chi connectivity index (χ4v) is 2.96. The Morgan fingerprint density at radius 2 is 1.95 bits per heavy atom. The molecule has 0 atom stereocenters. The van der Waals surface area contributed by atoms with Crippen molar-refractivity contribution in [2.24, 2.45) is 5.41 Å². The topological polar surface area (TPSA) is 35.5 Å². The summed E-state index contributed by atoms with van der Waals surface area (Å²) >= 11 is 0. The molecule has 0 unspecified atom stereocenters. The molecule has 3 nitrogen and oxygen atoms in total. The highest BCUT2D eigenvalue weighted by molar-refractivity contribution is 5.79. The minimum absolute atomic E-state index is 0.184. The summed E-state index contributed by atoms with van der Waals surface area (Å²) in [6.45, 7) is 9.20. The van der Waals surface area contributed by atoms with Crippen molar-refractivity contribution in [3.05, 3.63) is 34.9 Å². The van der Waals surface area contributed by atoms with E-state index in [4.69, 9.17) is 9.47 Å². The molecule has 1 aliphatic heterocycles. The van der Waals surface area contributed by atoms with Crippen LogP contribution in [0.15, 0.2) is 18.2 Å². The van der Waals surface area contributed by atoms with Gasteiger partial charge in [0.05, 0.1) is 31.2 Å². The first-order chi connectivity index (χ1) is 8.85. The van der Waals surface area contributed by atoms with Gasteiger partial charge in [0.1, 0.15) is 0 Å². The zero-order valence-electron chi connectivity index (χ0n) is 12.4. The number of benzene rings is 1. The van der Waals surface area contributed by atoms with E-state index >= 15 is 0 Å². The predicted molar refractivity (Wildman–Crippen MR) is 74.2 cm³/mol. The number of hydrogen-bond acceptors (Lipinski definition) is 3. The quantitative estimate of drug-likeness (QED) is 0.786. The normalized spacial score (nSPS) is 17.7. The maximum Gasteiger partial charge on any atom is 0.312 e. The fourth-order valence-electron chi connectivity index (χ4n) is 2.96. The molecule has 0 aliphatic carbocycles. The molecular formula is C16H22O3. The van der Waals surface area contributed by atoms with Gasteiger partial charge in [0, 0.05) is 0 Å². The van der Waals surface area contributed by atoms with Crippen LogP contribution in [-0.4, -0.2) is 26.3 Å². The van der Waals surface area contributed by atoms with Gasteiger partial charge >= 0.3 is 5.97 Å². The molecule has 0 aromatic heterocycles. The number of rotatable bonds is 3. The van der Waals surface area contributed by atoms with Crippen LogP contribution >= 0.6 is 0 Å². The van der Waals surface area contributed by atoms with Crippen molar-refractivity contribution in [2.45, 2.75) is 33.1 Å². The van der Waals surface area contributed by atoms with Crippen molar-refractivity contribution in [1.29, 1.82) is 0 Å². The maximum atomic E-state index is 12.1. The molecule has 1 aromatic carbocycles. The summed E-state index contributed by atoms with van der Waals surface area (Å²) in [6, 6.07) is 6.37. The van der Waals surface area contributed by atoms with Gasteiger partial charge in [-0.15, -0.1) is 0 Å². The van der Waals surface area contributed by atoms with Crippen molar-refractivity contribution in [3.8, 4) is 0 Å². The van der Waals surface area contributed by atoms with Gasteiger partial charge in [-0.3, -0.25) is 4.79 Å². The van der Waals surface area contributed by atoms with Crippen LogP contribution in [-0.2, 0) is 19.7 Å². The summed E-state index contributed by atoms with van der Waals surface area (Å²) in [4.78, 5) is 12.1. The van der Waals surface area contributed by atoms with Crippen molar-refractivity contribution < 1.29 is 14.3 Å². The predicted octanol–water partition coefficient (Wildman–Crippen LogP) is 2.77. The van der Waals surface area contributed by atoms with Gasteiger partial charge in [-0.05, 0) is 38.8 Å². The van der Waals surface area contributed by atoms with Crippen LogP contribution in [0.3, 0.4) is 0 Å². The van der Waals surface area contributed by atoms with E-state index < -0.39 is 5.41 Å². The van der Waals surface area contributed by atoms with Gasteiger partial charge in [0.25, 0.3) is 0 Å². The summed E-state index contributed by atoms with van der Waals surface area (Å²) in [5, 5.41) is 0. The SMILES string of the molecule is COC(=O)C(C)(C)C1(c2ccc(C)cc2C)COC1. The molecule has 3 heteroatoms. The van der Waals surface area contributed by atoms with E-state index in [0.29, 0.717) is 13.2 Å². The van der Waals surface area contributed by atoms with Crippen molar-refractivity contribution >= 4 is 5.97 Å². The number of carbonyl (C=O) groups excluding carboxylic acids is 1. The van der Waals surface area contributed by atoms with E-state index in [-0.39, 0.29) is 11.4 Å². The van der Waals surface area contributed by atoms with Gasteiger partial charge in [-0.25, -0.2) is 0 Å².